The van der Waals surface area contributed by atoms with E-state index in [0.29, 0.717) is 25.2 Å². The first-order chi connectivity index (χ1) is 9.91. The SMILES string of the molecule is CC(O)C1CCN(S(=O)(=O)c2c(N)nc3ccccn23)C1. The number of fused-ring (bicyclic) bond motifs is 1. The van der Waals surface area contributed by atoms with E-state index in [1.165, 1.54) is 8.71 Å². The fourth-order valence-corrected chi connectivity index (χ4v) is 4.43. The second kappa shape index (κ2) is 4.97. The molecular formula is C13H18N4O3S. The van der Waals surface area contributed by atoms with Crippen LogP contribution >= 0.6 is 0 Å². The normalized spacial score (nSPS) is 21.9. The van der Waals surface area contributed by atoms with E-state index in [2.05, 4.69) is 4.98 Å². The molecule has 1 saturated heterocycles. The zero-order valence-electron chi connectivity index (χ0n) is 11.7. The van der Waals surface area contributed by atoms with Crippen LogP contribution in [0.5, 0.6) is 0 Å². The van der Waals surface area contributed by atoms with Gasteiger partial charge in [-0.3, -0.25) is 4.40 Å². The van der Waals surface area contributed by atoms with Crippen molar-refractivity contribution < 1.29 is 13.5 Å². The Kier molecular flexibility index (Phi) is 3.39. The van der Waals surface area contributed by atoms with Gasteiger partial charge >= 0.3 is 0 Å². The van der Waals surface area contributed by atoms with Gasteiger partial charge in [-0.15, -0.1) is 0 Å². The first-order valence-electron chi connectivity index (χ1n) is 6.82. The Morgan fingerprint density at radius 2 is 2.24 bits per heavy atom. The Bertz CT molecular complexity index is 769. The third-order valence-corrected chi connectivity index (χ3v) is 5.87. The minimum absolute atomic E-state index is 0.00157. The minimum Gasteiger partial charge on any atom is -0.393 e. The van der Waals surface area contributed by atoms with Gasteiger partial charge in [0.05, 0.1) is 6.10 Å². The predicted octanol–water partition coefficient (Wildman–Crippen LogP) is 0.308. The van der Waals surface area contributed by atoms with Crippen LogP contribution in [0, 0.1) is 5.92 Å². The lowest BCUT2D eigenvalue weighted by Gasteiger charge is -2.17. The highest BCUT2D eigenvalue weighted by atomic mass is 32.2. The summed E-state index contributed by atoms with van der Waals surface area (Å²) in [6.07, 6.45) is 1.76. The maximum Gasteiger partial charge on any atom is 0.262 e. The molecular weight excluding hydrogens is 292 g/mol. The fraction of sp³-hybridized carbons (Fsp3) is 0.462. The van der Waals surface area contributed by atoms with Crippen LogP contribution in [-0.2, 0) is 10.0 Å². The lowest BCUT2D eigenvalue weighted by atomic mass is 10.0. The van der Waals surface area contributed by atoms with Gasteiger partial charge in [-0.2, -0.15) is 4.31 Å². The molecule has 2 aromatic rings. The van der Waals surface area contributed by atoms with Gasteiger partial charge in [0, 0.05) is 19.3 Å². The molecule has 0 saturated carbocycles. The number of anilines is 1. The molecule has 3 N–H and O–H groups in total. The van der Waals surface area contributed by atoms with E-state index in [1.807, 2.05) is 0 Å². The molecule has 114 valence electrons. The molecule has 7 nitrogen and oxygen atoms in total. The number of pyridine rings is 1. The van der Waals surface area contributed by atoms with Crippen molar-refractivity contribution in [2.75, 3.05) is 18.8 Å². The highest BCUT2D eigenvalue weighted by molar-refractivity contribution is 7.89. The Morgan fingerprint density at radius 1 is 1.48 bits per heavy atom. The second-order valence-corrected chi connectivity index (χ2v) is 7.24. The van der Waals surface area contributed by atoms with Crippen molar-refractivity contribution in [2.24, 2.45) is 5.92 Å². The number of imidazole rings is 1. The van der Waals surface area contributed by atoms with E-state index in [9.17, 15) is 13.5 Å². The number of sulfonamides is 1. The molecule has 2 aromatic heterocycles. The Labute approximate surface area is 123 Å². The first-order valence-corrected chi connectivity index (χ1v) is 8.26. The number of hydrogen-bond donors (Lipinski definition) is 2. The van der Waals surface area contributed by atoms with E-state index in [4.69, 9.17) is 5.73 Å². The highest BCUT2D eigenvalue weighted by Gasteiger charge is 2.37. The van der Waals surface area contributed by atoms with Crippen molar-refractivity contribution in [3.05, 3.63) is 24.4 Å². The van der Waals surface area contributed by atoms with Gasteiger partial charge in [0.15, 0.2) is 10.8 Å². The van der Waals surface area contributed by atoms with Gasteiger partial charge in [0.2, 0.25) is 0 Å². The summed E-state index contributed by atoms with van der Waals surface area (Å²) >= 11 is 0. The molecule has 21 heavy (non-hydrogen) atoms. The van der Waals surface area contributed by atoms with E-state index in [1.54, 1.807) is 31.3 Å². The number of hydrogen-bond acceptors (Lipinski definition) is 5. The van der Waals surface area contributed by atoms with Crippen LogP contribution in [0.2, 0.25) is 0 Å². The average Bonchev–Trinajstić information content (AvgIpc) is 3.02. The molecule has 0 spiro atoms. The summed E-state index contributed by atoms with van der Waals surface area (Å²) in [5, 5.41) is 9.63. The predicted molar refractivity (Wildman–Crippen MR) is 78.2 cm³/mol. The maximum absolute atomic E-state index is 12.8. The molecule has 0 amide bonds. The van der Waals surface area contributed by atoms with Gasteiger partial charge in [-0.05, 0) is 31.4 Å². The molecule has 0 radical (unpaired) electrons. The van der Waals surface area contributed by atoms with Crippen molar-refractivity contribution in [1.29, 1.82) is 0 Å². The quantitative estimate of drug-likeness (QED) is 0.849. The van der Waals surface area contributed by atoms with Crippen molar-refractivity contribution in [2.45, 2.75) is 24.5 Å². The summed E-state index contributed by atoms with van der Waals surface area (Å²) in [6.45, 7) is 2.38. The van der Waals surface area contributed by atoms with Crippen molar-refractivity contribution in [3.63, 3.8) is 0 Å². The summed E-state index contributed by atoms with van der Waals surface area (Å²) in [6, 6.07) is 5.21. The fourth-order valence-electron chi connectivity index (χ4n) is 2.74. The second-order valence-electron chi connectivity index (χ2n) is 5.38. The molecule has 1 aliphatic rings. The van der Waals surface area contributed by atoms with Crippen molar-refractivity contribution in [1.82, 2.24) is 13.7 Å². The number of nitrogens with zero attached hydrogens (tertiary/aromatic N) is 3. The largest absolute Gasteiger partial charge is 0.393 e. The summed E-state index contributed by atoms with van der Waals surface area (Å²) < 4.78 is 28.5. The van der Waals surface area contributed by atoms with Crippen LogP contribution in [0.25, 0.3) is 5.65 Å². The third kappa shape index (κ3) is 2.29. The topological polar surface area (TPSA) is 101 Å². The van der Waals surface area contributed by atoms with Crippen LogP contribution in [0.1, 0.15) is 13.3 Å². The number of nitrogens with two attached hydrogens (primary N) is 1. The number of aliphatic hydroxyl groups excluding tert-OH is 1. The van der Waals surface area contributed by atoms with E-state index in [-0.39, 0.29) is 16.8 Å². The lowest BCUT2D eigenvalue weighted by molar-refractivity contribution is 0.133. The number of aromatic nitrogens is 2. The Hall–Kier alpha value is -1.64. The smallest absolute Gasteiger partial charge is 0.262 e. The molecule has 2 unspecified atom stereocenters. The van der Waals surface area contributed by atoms with Gasteiger partial charge in [0.25, 0.3) is 10.0 Å². The third-order valence-electron chi connectivity index (χ3n) is 3.97. The zero-order chi connectivity index (χ0) is 15.2. The van der Waals surface area contributed by atoms with Gasteiger partial charge < -0.3 is 10.8 Å². The summed E-state index contributed by atoms with van der Waals surface area (Å²) in [5.74, 6) is -0.0399. The zero-order valence-corrected chi connectivity index (χ0v) is 12.5. The van der Waals surface area contributed by atoms with Gasteiger partial charge in [-0.25, -0.2) is 13.4 Å². The molecule has 0 bridgehead atoms. The Balaban J connectivity index is 2.04. The van der Waals surface area contributed by atoms with Crippen LogP contribution in [0.15, 0.2) is 29.4 Å². The minimum atomic E-state index is -3.72. The first kappa shape index (κ1) is 14.3. The number of rotatable bonds is 3. The van der Waals surface area contributed by atoms with Gasteiger partial charge in [-0.1, -0.05) is 6.07 Å². The van der Waals surface area contributed by atoms with Crippen LogP contribution in [0.3, 0.4) is 0 Å². The van der Waals surface area contributed by atoms with E-state index < -0.39 is 16.1 Å². The lowest BCUT2D eigenvalue weighted by Crippen LogP contribution is -2.31. The van der Waals surface area contributed by atoms with Gasteiger partial charge in [0.1, 0.15) is 5.65 Å². The summed E-state index contributed by atoms with van der Waals surface area (Å²) in [7, 11) is -3.72. The average molecular weight is 310 g/mol. The molecule has 1 aliphatic heterocycles. The highest BCUT2D eigenvalue weighted by Crippen LogP contribution is 2.29. The van der Waals surface area contributed by atoms with Crippen molar-refractivity contribution in [3.8, 4) is 0 Å². The Morgan fingerprint density at radius 3 is 2.90 bits per heavy atom. The molecule has 1 fully saturated rings. The number of aliphatic hydroxyl groups is 1. The summed E-state index contributed by atoms with van der Waals surface area (Å²) in [4.78, 5) is 4.09. The standard InChI is InChI=1S/C13H18N4O3S/c1-9(18)10-5-7-16(8-10)21(19,20)13-12(14)15-11-4-2-3-6-17(11)13/h2-4,6,9-10,18H,5,7-8,14H2,1H3. The molecule has 8 heteroatoms. The van der Waals surface area contributed by atoms with Crippen LogP contribution in [0.4, 0.5) is 5.82 Å². The van der Waals surface area contributed by atoms with Crippen molar-refractivity contribution >= 4 is 21.5 Å². The maximum atomic E-state index is 12.8. The molecule has 0 aromatic carbocycles. The molecule has 3 rings (SSSR count). The summed E-state index contributed by atoms with van der Waals surface area (Å²) in [5.41, 5.74) is 6.31. The van der Waals surface area contributed by atoms with Crippen LogP contribution in [-0.4, -0.2) is 46.4 Å². The van der Waals surface area contributed by atoms with E-state index in [0.717, 1.165) is 0 Å². The number of nitrogen functional groups attached to an aromatic ring is 1. The van der Waals surface area contributed by atoms with Crippen LogP contribution < -0.4 is 5.73 Å². The monoisotopic (exact) mass is 310 g/mol. The van der Waals surface area contributed by atoms with E-state index >= 15 is 0 Å². The molecule has 3 heterocycles. The molecule has 0 aliphatic carbocycles. The molecule has 2 atom stereocenters.